The zero-order chi connectivity index (χ0) is 24.5. The number of hydrogen-bond acceptors (Lipinski definition) is 8. The number of rotatable bonds is 9. The lowest BCUT2D eigenvalue weighted by atomic mass is 9.97. The first kappa shape index (κ1) is 24.3. The van der Waals surface area contributed by atoms with Crippen molar-refractivity contribution in [3.05, 3.63) is 24.4 Å². The molecule has 0 saturated carbocycles. The summed E-state index contributed by atoms with van der Waals surface area (Å²) in [5.74, 6) is 1.46. The summed E-state index contributed by atoms with van der Waals surface area (Å²) in [6.45, 7) is 8.49. The molecule has 3 aromatic rings. The van der Waals surface area contributed by atoms with Crippen molar-refractivity contribution in [1.29, 1.82) is 0 Å². The second-order valence-electron chi connectivity index (χ2n) is 9.39. The highest BCUT2D eigenvalue weighted by Crippen LogP contribution is 2.44. The van der Waals surface area contributed by atoms with E-state index >= 15 is 0 Å². The topological polar surface area (TPSA) is 90.5 Å². The van der Waals surface area contributed by atoms with Gasteiger partial charge in [0.2, 0.25) is 6.79 Å². The van der Waals surface area contributed by atoms with Gasteiger partial charge < -0.3 is 30.0 Å². The molecule has 1 aliphatic rings. The van der Waals surface area contributed by atoms with Gasteiger partial charge in [0.05, 0.1) is 17.7 Å². The summed E-state index contributed by atoms with van der Waals surface area (Å²) in [6.07, 6.45) is -0.812. The van der Waals surface area contributed by atoms with Crippen LogP contribution in [0.15, 0.2) is 34.4 Å². The lowest BCUT2D eigenvalue weighted by Crippen LogP contribution is -2.29. The van der Waals surface area contributed by atoms with Crippen LogP contribution in [0.1, 0.15) is 20.8 Å². The number of imidazole rings is 1. The van der Waals surface area contributed by atoms with Crippen molar-refractivity contribution in [3.8, 4) is 11.5 Å². The molecule has 0 bridgehead atoms. The molecule has 3 N–H and O–H groups in total. The average molecular weight is 493 g/mol. The summed E-state index contributed by atoms with van der Waals surface area (Å²) < 4.78 is 39.4. The number of fused-ring (bicyclic) bond motifs is 2. The molecule has 34 heavy (non-hydrogen) atoms. The van der Waals surface area contributed by atoms with Gasteiger partial charge in [-0.1, -0.05) is 20.8 Å². The molecular formula is C23H30F2N6O2S. The lowest BCUT2D eigenvalue weighted by Gasteiger charge is -2.22. The first-order valence-electron chi connectivity index (χ1n) is 11.0. The highest BCUT2D eigenvalue weighted by Gasteiger charge is 2.23. The Morgan fingerprint density at radius 2 is 2.00 bits per heavy atom. The Balaban J connectivity index is 1.69. The van der Waals surface area contributed by atoms with Gasteiger partial charge >= 0.3 is 0 Å². The Labute approximate surface area is 201 Å². The van der Waals surface area contributed by atoms with Crippen LogP contribution >= 0.6 is 11.8 Å². The van der Waals surface area contributed by atoms with Crippen LogP contribution in [0, 0.1) is 5.41 Å². The van der Waals surface area contributed by atoms with Gasteiger partial charge in [-0.05, 0) is 23.2 Å². The Morgan fingerprint density at radius 3 is 2.71 bits per heavy atom. The summed E-state index contributed by atoms with van der Waals surface area (Å²) in [4.78, 5) is 11.2. The van der Waals surface area contributed by atoms with E-state index in [-0.39, 0.29) is 12.2 Å². The van der Waals surface area contributed by atoms with E-state index in [1.807, 2.05) is 12.1 Å². The molecule has 3 heterocycles. The van der Waals surface area contributed by atoms with Crippen LogP contribution in [0.25, 0.3) is 11.0 Å². The molecule has 2 aromatic heterocycles. The third kappa shape index (κ3) is 5.47. The molecule has 1 aliphatic heterocycles. The molecule has 0 atom stereocenters. The number of nitrogens with one attached hydrogen (secondary N) is 1. The minimum absolute atomic E-state index is 0.0988. The molecule has 8 nitrogen and oxygen atoms in total. The van der Waals surface area contributed by atoms with E-state index in [4.69, 9.17) is 20.2 Å². The Kier molecular flexibility index (Phi) is 7.04. The van der Waals surface area contributed by atoms with Crippen LogP contribution in [0.5, 0.6) is 11.5 Å². The van der Waals surface area contributed by atoms with E-state index in [9.17, 15) is 8.78 Å². The van der Waals surface area contributed by atoms with Crippen LogP contribution in [0.4, 0.5) is 20.3 Å². The van der Waals surface area contributed by atoms with E-state index in [0.29, 0.717) is 40.2 Å². The van der Waals surface area contributed by atoms with Gasteiger partial charge in [0, 0.05) is 49.9 Å². The molecule has 0 radical (unpaired) electrons. The number of nitrogens with two attached hydrogens (primary N) is 1. The van der Waals surface area contributed by atoms with Gasteiger partial charge in [-0.3, -0.25) is 0 Å². The number of nitrogens with zero attached hydrogens (tertiary/aromatic N) is 4. The van der Waals surface area contributed by atoms with E-state index < -0.39 is 13.0 Å². The van der Waals surface area contributed by atoms with Crippen molar-refractivity contribution in [2.75, 3.05) is 44.1 Å². The van der Waals surface area contributed by atoms with Crippen molar-refractivity contribution in [3.63, 3.8) is 0 Å². The number of benzene rings is 1. The average Bonchev–Trinajstić information content (AvgIpc) is 3.34. The molecule has 0 spiro atoms. The number of alkyl halides is 2. The highest BCUT2D eigenvalue weighted by molar-refractivity contribution is 7.99. The molecule has 0 amide bonds. The number of nitrogen functional groups attached to an aromatic ring is 1. The lowest BCUT2D eigenvalue weighted by molar-refractivity contribution is 0.156. The van der Waals surface area contributed by atoms with Crippen molar-refractivity contribution in [2.45, 2.75) is 43.8 Å². The van der Waals surface area contributed by atoms with Crippen LogP contribution in [0.3, 0.4) is 0 Å². The summed E-state index contributed by atoms with van der Waals surface area (Å²) >= 11 is 1.38. The fraction of sp³-hybridized carbons (Fsp3) is 0.478. The number of ether oxygens (including phenoxy) is 2. The number of pyridine rings is 1. The first-order chi connectivity index (χ1) is 16.1. The summed E-state index contributed by atoms with van der Waals surface area (Å²) in [5.41, 5.74) is 8.38. The highest BCUT2D eigenvalue weighted by atomic mass is 32.2. The Bertz CT molecular complexity index is 1160. The molecule has 11 heteroatoms. The zero-order valence-corrected chi connectivity index (χ0v) is 20.6. The molecule has 1 aromatic carbocycles. The Morgan fingerprint density at radius 1 is 1.26 bits per heavy atom. The van der Waals surface area contributed by atoms with E-state index in [2.05, 4.69) is 35.6 Å². The molecule has 0 fully saturated rings. The largest absolute Gasteiger partial charge is 0.454 e. The van der Waals surface area contributed by atoms with Gasteiger partial charge in [-0.15, -0.1) is 0 Å². The zero-order valence-electron chi connectivity index (χ0n) is 19.8. The molecule has 0 aliphatic carbocycles. The number of halogens is 2. The van der Waals surface area contributed by atoms with Gasteiger partial charge in [-0.2, -0.15) is 0 Å². The third-order valence-electron chi connectivity index (χ3n) is 5.31. The van der Waals surface area contributed by atoms with Crippen LogP contribution < -0.4 is 25.4 Å². The number of hydrogen-bond donors (Lipinski definition) is 2. The first-order valence-corrected chi connectivity index (χ1v) is 11.9. The van der Waals surface area contributed by atoms with Crippen LogP contribution in [0.2, 0.25) is 0 Å². The van der Waals surface area contributed by atoms with Crippen LogP contribution in [-0.2, 0) is 6.54 Å². The SMILES string of the molecule is CN(CC(F)F)c1cc2c(cc1Sc1nc3c(N)nccc3n1CCNCC(C)(C)C)OCO2. The standard InChI is InChI=1S/C23H30F2N6O2S/c1-23(2,3)12-27-7-8-31-14-5-6-28-21(26)20(14)29-22(31)34-18-10-17-16(32-13-33-17)9-15(18)30(4)11-19(24)25/h5-6,9-10,19,27H,7-8,11-13H2,1-4H3,(H2,26,28). The van der Waals surface area contributed by atoms with Crippen molar-refractivity contribution >= 4 is 34.3 Å². The molecular weight excluding hydrogens is 462 g/mol. The normalized spacial score (nSPS) is 13.3. The van der Waals surface area contributed by atoms with Gasteiger partial charge in [0.15, 0.2) is 22.5 Å². The monoisotopic (exact) mass is 492 g/mol. The fourth-order valence-corrected chi connectivity index (χ4v) is 4.81. The molecule has 0 saturated heterocycles. The summed E-state index contributed by atoms with van der Waals surface area (Å²) in [6, 6.07) is 5.43. The molecule has 4 rings (SSSR count). The van der Waals surface area contributed by atoms with Crippen LogP contribution in [-0.4, -0.2) is 54.4 Å². The smallest absolute Gasteiger partial charge is 0.255 e. The van der Waals surface area contributed by atoms with E-state index in [1.54, 1.807) is 19.3 Å². The third-order valence-corrected chi connectivity index (χ3v) is 6.35. The van der Waals surface area contributed by atoms with Crippen molar-refractivity contribution < 1.29 is 18.3 Å². The van der Waals surface area contributed by atoms with E-state index in [1.165, 1.54) is 16.7 Å². The van der Waals surface area contributed by atoms with E-state index in [0.717, 1.165) is 23.5 Å². The quantitative estimate of drug-likeness (QED) is 0.429. The second kappa shape index (κ2) is 9.83. The summed E-state index contributed by atoms with van der Waals surface area (Å²) in [5, 5.41) is 4.18. The predicted octanol–water partition coefficient (Wildman–Crippen LogP) is 4.23. The number of anilines is 2. The molecule has 0 unspecified atom stereocenters. The summed E-state index contributed by atoms with van der Waals surface area (Å²) in [7, 11) is 1.63. The van der Waals surface area contributed by atoms with Gasteiger partial charge in [0.1, 0.15) is 5.52 Å². The minimum Gasteiger partial charge on any atom is -0.454 e. The van der Waals surface area contributed by atoms with Gasteiger partial charge in [0.25, 0.3) is 6.43 Å². The second-order valence-corrected chi connectivity index (χ2v) is 10.4. The minimum atomic E-state index is -2.47. The predicted molar refractivity (Wildman–Crippen MR) is 130 cm³/mol. The van der Waals surface area contributed by atoms with Crippen molar-refractivity contribution in [2.24, 2.45) is 5.41 Å². The maximum absolute atomic E-state index is 13.2. The fourth-order valence-electron chi connectivity index (χ4n) is 3.70. The number of aromatic nitrogens is 3. The molecule has 184 valence electrons. The van der Waals surface area contributed by atoms with Crippen molar-refractivity contribution in [1.82, 2.24) is 19.9 Å². The Hall–Kier alpha value is -2.79. The maximum atomic E-state index is 13.2. The maximum Gasteiger partial charge on any atom is 0.255 e. The van der Waals surface area contributed by atoms with Gasteiger partial charge in [-0.25, -0.2) is 18.7 Å².